The van der Waals surface area contributed by atoms with E-state index in [4.69, 9.17) is 24.3 Å². The summed E-state index contributed by atoms with van der Waals surface area (Å²) in [5, 5.41) is 0. The third kappa shape index (κ3) is 28.3. The van der Waals surface area contributed by atoms with Gasteiger partial charge in [-0.25, -0.2) is 0 Å². The fraction of sp³-hybridized carbons (Fsp3) is 0.750. The van der Waals surface area contributed by atoms with Crippen molar-refractivity contribution in [3.05, 3.63) is 5.73 Å². The van der Waals surface area contributed by atoms with Crippen molar-refractivity contribution in [2.45, 2.75) is 19.8 Å². The van der Waals surface area contributed by atoms with Crippen molar-refractivity contribution in [3.8, 4) is 0 Å². The summed E-state index contributed by atoms with van der Waals surface area (Å²) in [7, 11) is 9.78. The van der Waals surface area contributed by atoms with Gasteiger partial charge in [-0.1, -0.05) is 13.3 Å². The molecule has 0 radical (unpaired) electrons. The molecule has 1 N–H and O–H groups in total. The summed E-state index contributed by atoms with van der Waals surface area (Å²) >= 11 is -0.556. The topological polar surface area (TPSA) is 40.9 Å². The molecule has 0 aliphatic carbocycles. The predicted octanol–water partition coefficient (Wildman–Crippen LogP) is 2.74. The molecule has 0 aliphatic heterocycles. The van der Waals surface area contributed by atoms with Gasteiger partial charge in [0.25, 0.3) is 0 Å². The Balaban J connectivity index is 0. The summed E-state index contributed by atoms with van der Waals surface area (Å²) in [5.74, 6) is -0.461. The standard InChI is InChI=1S/C4H9NO.2ClH.Ti/c1-2-3-4(5)6;;;/h2-3H2,1H3,(H2,5,6);2*1H;/q;;;+2/p-3. The Morgan fingerprint density at radius 3 is 2.00 bits per heavy atom. The molecule has 0 aliphatic rings. The average Bonchev–Trinajstić information content (AvgIpc) is 1.67. The number of hydrogen-bond donors (Lipinski definition) is 0. The zero-order chi connectivity index (χ0) is 7.70. The first-order valence-corrected chi connectivity index (χ1v) is 6.69. The molecule has 0 spiro atoms. The maximum absolute atomic E-state index is 9.71. The molecule has 2 nitrogen and oxygen atoms in total. The minimum atomic E-state index is -0.556. The van der Waals surface area contributed by atoms with Crippen LogP contribution in [0.15, 0.2) is 0 Å². The number of rotatable bonds is 2. The minimum absolute atomic E-state index is 0.403. The van der Waals surface area contributed by atoms with E-state index in [0.29, 0.717) is 6.42 Å². The van der Waals surface area contributed by atoms with Crippen molar-refractivity contribution in [2.24, 2.45) is 0 Å². The number of hydrogen-bond acceptors (Lipinski definition) is 1. The normalized spacial score (nSPS) is 7.00. The van der Waals surface area contributed by atoms with Crippen molar-refractivity contribution in [3.63, 3.8) is 0 Å². The Kier molecular flexibility index (Phi) is 16.0. The van der Waals surface area contributed by atoms with Crippen LogP contribution in [0.5, 0.6) is 0 Å². The fourth-order valence-corrected chi connectivity index (χ4v) is 0.227. The van der Waals surface area contributed by atoms with E-state index in [0.717, 1.165) is 6.42 Å². The van der Waals surface area contributed by atoms with E-state index in [1.54, 1.807) is 0 Å². The first kappa shape index (κ1) is 12.4. The van der Waals surface area contributed by atoms with Gasteiger partial charge in [-0.3, -0.25) is 0 Å². The van der Waals surface area contributed by atoms with Gasteiger partial charge in [-0.05, 0) is 6.42 Å². The molecule has 0 atom stereocenters. The zero-order valence-corrected chi connectivity index (χ0v) is 8.15. The van der Waals surface area contributed by atoms with Gasteiger partial charge in [0.2, 0.25) is 0 Å². The van der Waals surface area contributed by atoms with Crippen LogP contribution >= 0.6 is 18.6 Å². The van der Waals surface area contributed by atoms with Gasteiger partial charge in [0.15, 0.2) is 0 Å². The van der Waals surface area contributed by atoms with Crippen LogP contribution in [0.4, 0.5) is 0 Å². The monoisotopic (exact) mass is 204 g/mol. The van der Waals surface area contributed by atoms with E-state index < -0.39 is 22.9 Å². The summed E-state index contributed by atoms with van der Waals surface area (Å²) in [6.07, 6.45) is 1.20. The molecule has 0 aromatic carbocycles. The van der Waals surface area contributed by atoms with Crippen LogP contribution in [0.3, 0.4) is 0 Å². The quantitative estimate of drug-likeness (QED) is 0.638. The Bertz CT molecular complexity index is 71.6. The van der Waals surface area contributed by atoms with Gasteiger partial charge in [-0.2, -0.15) is 0 Å². The van der Waals surface area contributed by atoms with Crippen molar-refractivity contribution in [1.82, 2.24) is 0 Å². The fourth-order valence-electron chi connectivity index (χ4n) is 0.227. The van der Waals surface area contributed by atoms with E-state index in [9.17, 15) is 4.79 Å². The molecule has 0 aromatic rings. The van der Waals surface area contributed by atoms with Crippen LogP contribution in [0.1, 0.15) is 19.8 Å². The Morgan fingerprint density at radius 1 is 1.67 bits per heavy atom. The maximum atomic E-state index is 9.71. The molecule has 54 valence electrons. The number of nitrogens with one attached hydrogen (secondary N) is 1. The molecule has 9 heavy (non-hydrogen) atoms. The molecular formula is C4H8Cl2NOTi-. The van der Waals surface area contributed by atoms with Crippen LogP contribution in [-0.2, 0) is 21.8 Å². The van der Waals surface area contributed by atoms with Gasteiger partial charge in [0, 0.05) is 5.91 Å². The van der Waals surface area contributed by atoms with Crippen LogP contribution < -0.4 is 0 Å². The number of carbonyl (C=O) groups is 1. The van der Waals surface area contributed by atoms with E-state index in [2.05, 4.69) is 0 Å². The number of halogens is 2. The zero-order valence-electron chi connectivity index (χ0n) is 5.08. The van der Waals surface area contributed by atoms with E-state index >= 15 is 0 Å². The van der Waals surface area contributed by atoms with E-state index in [-0.39, 0.29) is 0 Å². The Morgan fingerprint density at radius 2 is 2.00 bits per heavy atom. The molecule has 0 fully saturated rings. The first-order chi connectivity index (χ1) is 4.18. The second-order valence-electron chi connectivity index (χ2n) is 1.24. The van der Waals surface area contributed by atoms with Crippen molar-refractivity contribution < 1.29 is 21.8 Å². The molecular weight excluding hydrogens is 197 g/mol. The summed E-state index contributed by atoms with van der Waals surface area (Å²) in [6.45, 7) is 1.88. The average molecular weight is 205 g/mol. The van der Waals surface area contributed by atoms with Crippen molar-refractivity contribution in [2.75, 3.05) is 0 Å². The molecule has 5 heteroatoms. The SMILES string of the molecule is CCCC([NH-])=O.[Cl][Ti][Cl]. The van der Waals surface area contributed by atoms with Crippen molar-refractivity contribution in [1.29, 1.82) is 0 Å². The van der Waals surface area contributed by atoms with E-state index in [1.807, 2.05) is 6.92 Å². The summed E-state index contributed by atoms with van der Waals surface area (Å²) in [6, 6.07) is 0. The van der Waals surface area contributed by atoms with Gasteiger partial charge in [0.1, 0.15) is 0 Å². The molecule has 0 saturated carbocycles. The van der Waals surface area contributed by atoms with Gasteiger partial charge >= 0.3 is 35.6 Å². The second-order valence-corrected chi connectivity index (χ2v) is 3.82. The van der Waals surface area contributed by atoms with Gasteiger partial charge in [0.05, 0.1) is 0 Å². The third-order valence-electron chi connectivity index (χ3n) is 0.477. The molecule has 0 aromatic heterocycles. The van der Waals surface area contributed by atoms with Gasteiger partial charge in [-0.15, -0.1) is 0 Å². The first-order valence-electron chi connectivity index (χ1n) is 2.39. The molecule has 0 saturated heterocycles. The van der Waals surface area contributed by atoms with Crippen LogP contribution in [0, 0.1) is 0 Å². The van der Waals surface area contributed by atoms with Crippen LogP contribution in [0.25, 0.3) is 5.73 Å². The van der Waals surface area contributed by atoms with E-state index in [1.165, 1.54) is 0 Å². The molecule has 0 unspecified atom stereocenters. The summed E-state index contributed by atoms with van der Waals surface area (Å²) in [4.78, 5) is 9.71. The Hall–Kier alpha value is 0.764. The Labute approximate surface area is 71.8 Å². The third-order valence-corrected chi connectivity index (χ3v) is 0.477. The second kappa shape index (κ2) is 11.5. The number of carbonyl (C=O) groups excluding carboxylic acids is 1. The molecule has 0 heterocycles. The van der Waals surface area contributed by atoms with Gasteiger partial charge < -0.3 is 10.5 Å². The molecule has 0 bridgehead atoms. The number of amides is 1. The van der Waals surface area contributed by atoms with Crippen LogP contribution in [0.2, 0.25) is 0 Å². The molecule has 0 rings (SSSR count). The van der Waals surface area contributed by atoms with Crippen molar-refractivity contribution >= 4 is 24.5 Å². The summed E-state index contributed by atoms with van der Waals surface area (Å²) in [5.41, 5.74) is 6.34. The predicted molar refractivity (Wildman–Crippen MR) is 35.9 cm³/mol. The summed E-state index contributed by atoms with van der Waals surface area (Å²) < 4.78 is 0. The van der Waals surface area contributed by atoms with Crippen LogP contribution in [-0.4, -0.2) is 5.91 Å². The molecule has 1 amide bonds.